The van der Waals surface area contributed by atoms with Gasteiger partial charge < -0.3 is 5.11 Å². The van der Waals surface area contributed by atoms with E-state index in [1.807, 2.05) is 0 Å². The van der Waals surface area contributed by atoms with Gasteiger partial charge in [-0.05, 0) is 16.4 Å². The molecule has 0 heterocycles. The van der Waals surface area contributed by atoms with Crippen molar-refractivity contribution in [1.29, 1.82) is 0 Å². The fourth-order valence-corrected chi connectivity index (χ4v) is 1.67. The molecule has 0 saturated heterocycles. The maximum Gasteiger partial charge on any atom is 0.0968 e. The molecule has 0 unspecified atom stereocenters. The van der Waals surface area contributed by atoms with E-state index in [1.165, 1.54) is 0 Å². The predicted octanol–water partition coefficient (Wildman–Crippen LogP) is 3.83. The summed E-state index contributed by atoms with van der Waals surface area (Å²) in [6, 6.07) is 0. The second-order valence-electron chi connectivity index (χ2n) is 5.61. The van der Waals surface area contributed by atoms with E-state index in [1.54, 1.807) is 0 Å². The average Bonchev–Trinajstić information content (AvgIpc) is 1.80. The summed E-state index contributed by atoms with van der Waals surface area (Å²) >= 11 is 0. The number of hydrogen-bond acceptors (Lipinski definition) is 1. The van der Waals surface area contributed by atoms with E-state index in [0.717, 1.165) is 12.0 Å². The molecule has 1 heteroatoms. The molecule has 74 valence electrons. The summed E-state index contributed by atoms with van der Waals surface area (Å²) in [6.07, 6.45) is 5.02. The molecule has 13 heavy (non-hydrogen) atoms. The van der Waals surface area contributed by atoms with Gasteiger partial charge in [0.25, 0.3) is 0 Å². The molecule has 0 aromatic carbocycles. The molecular formula is C12H20O. The molecule has 0 amide bonds. The van der Waals surface area contributed by atoms with E-state index in [2.05, 4.69) is 46.8 Å². The van der Waals surface area contributed by atoms with Crippen LogP contribution in [0.4, 0.5) is 0 Å². The summed E-state index contributed by atoms with van der Waals surface area (Å²) in [5, 5.41) is 9.87. The third-order valence-electron chi connectivity index (χ3n) is 2.44. The molecule has 0 aliphatic heterocycles. The second-order valence-corrected chi connectivity index (χ2v) is 5.61. The van der Waals surface area contributed by atoms with E-state index in [-0.39, 0.29) is 10.8 Å². The lowest BCUT2D eigenvalue weighted by Gasteiger charge is -2.30. The standard InChI is InChI=1S/C12H20O/c1-11(2,3)9-6-7-12(4,5)8-10(9)13/h6-7,13H,8H2,1-5H3. The number of aliphatic hydroxyl groups excluding tert-OH is 1. The van der Waals surface area contributed by atoms with Crippen molar-refractivity contribution in [2.24, 2.45) is 10.8 Å². The van der Waals surface area contributed by atoms with Crippen molar-refractivity contribution in [2.45, 2.75) is 41.0 Å². The average molecular weight is 180 g/mol. The van der Waals surface area contributed by atoms with Gasteiger partial charge >= 0.3 is 0 Å². The van der Waals surface area contributed by atoms with Crippen LogP contribution in [0.25, 0.3) is 0 Å². The van der Waals surface area contributed by atoms with Crippen LogP contribution in [0.3, 0.4) is 0 Å². The van der Waals surface area contributed by atoms with Crippen LogP contribution < -0.4 is 0 Å². The highest BCUT2D eigenvalue weighted by atomic mass is 16.3. The molecule has 0 aromatic heterocycles. The fourth-order valence-electron chi connectivity index (χ4n) is 1.67. The Morgan fingerprint density at radius 3 is 2.23 bits per heavy atom. The molecule has 0 aromatic rings. The van der Waals surface area contributed by atoms with Crippen molar-refractivity contribution in [3.05, 3.63) is 23.5 Å². The molecular weight excluding hydrogens is 160 g/mol. The molecule has 1 nitrogen and oxygen atoms in total. The Balaban J connectivity index is 2.99. The van der Waals surface area contributed by atoms with E-state index in [0.29, 0.717) is 5.76 Å². The summed E-state index contributed by atoms with van der Waals surface area (Å²) in [7, 11) is 0. The molecule has 0 saturated carbocycles. The number of allylic oxidation sites excluding steroid dienone is 4. The third-order valence-corrected chi connectivity index (χ3v) is 2.44. The lowest BCUT2D eigenvalue weighted by molar-refractivity contribution is 0.301. The number of rotatable bonds is 0. The van der Waals surface area contributed by atoms with Crippen molar-refractivity contribution in [3.8, 4) is 0 Å². The summed E-state index contributed by atoms with van der Waals surface area (Å²) in [5.74, 6) is 0.556. The summed E-state index contributed by atoms with van der Waals surface area (Å²) in [4.78, 5) is 0. The Kier molecular flexibility index (Phi) is 2.31. The Morgan fingerprint density at radius 2 is 1.85 bits per heavy atom. The first-order valence-electron chi connectivity index (χ1n) is 4.84. The summed E-state index contributed by atoms with van der Waals surface area (Å²) < 4.78 is 0. The lowest BCUT2D eigenvalue weighted by Crippen LogP contribution is -2.19. The smallest absolute Gasteiger partial charge is 0.0968 e. The van der Waals surface area contributed by atoms with Gasteiger partial charge in [-0.1, -0.05) is 46.8 Å². The van der Waals surface area contributed by atoms with Gasteiger partial charge in [0.1, 0.15) is 0 Å². The minimum Gasteiger partial charge on any atom is -0.512 e. The van der Waals surface area contributed by atoms with Crippen LogP contribution in [0.15, 0.2) is 23.5 Å². The predicted molar refractivity (Wildman–Crippen MR) is 56.6 cm³/mol. The van der Waals surface area contributed by atoms with Crippen LogP contribution in [-0.4, -0.2) is 5.11 Å². The van der Waals surface area contributed by atoms with Crippen molar-refractivity contribution in [1.82, 2.24) is 0 Å². The maximum absolute atomic E-state index is 9.87. The lowest BCUT2D eigenvalue weighted by atomic mass is 9.76. The molecule has 0 radical (unpaired) electrons. The highest BCUT2D eigenvalue weighted by molar-refractivity contribution is 5.33. The molecule has 0 bridgehead atoms. The first-order chi connectivity index (χ1) is 5.72. The molecule has 0 fully saturated rings. The largest absolute Gasteiger partial charge is 0.512 e. The van der Waals surface area contributed by atoms with Gasteiger partial charge in [-0.25, -0.2) is 0 Å². The van der Waals surface area contributed by atoms with Gasteiger partial charge in [0.15, 0.2) is 0 Å². The van der Waals surface area contributed by atoms with Gasteiger partial charge in [0, 0.05) is 6.42 Å². The molecule has 0 atom stereocenters. The number of aliphatic hydroxyl groups is 1. The quantitative estimate of drug-likeness (QED) is 0.600. The molecule has 0 spiro atoms. The van der Waals surface area contributed by atoms with Crippen LogP contribution in [-0.2, 0) is 0 Å². The highest BCUT2D eigenvalue weighted by Gasteiger charge is 2.27. The first-order valence-corrected chi connectivity index (χ1v) is 4.84. The zero-order chi connectivity index (χ0) is 10.3. The normalized spacial score (nSPS) is 22.2. The minimum atomic E-state index is 0.0527. The zero-order valence-electron chi connectivity index (χ0n) is 9.31. The van der Waals surface area contributed by atoms with Gasteiger partial charge in [-0.3, -0.25) is 0 Å². The van der Waals surface area contributed by atoms with Crippen molar-refractivity contribution >= 4 is 0 Å². The van der Waals surface area contributed by atoms with Crippen LogP contribution in [0, 0.1) is 10.8 Å². The van der Waals surface area contributed by atoms with Crippen LogP contribution in [0.2, 0.25) is 0 Å². The van der Waals surface area contributed by atoms with Gasteiger partial charge in [0.05, 0.1) is 5.76 Å². The Hall–Kier alpha value is -0.720. The monoisotopic (exact) mass is 180 g/mol. The topological polar surface area (TPSA) is 20.2 Å². The molecule has 1 aliphatic rings. The van der Waals surface area contributed by atoms with Crippen LogP contribution >= 0.6 is 0 Å². The number of hydrogen-bond donors (Lipinski definition) is 1. The zero-order valence-corrected chi connectivity index (χ0v) is 9.31. The van der Waals surface area contributed by atoms with Gasteiger partial charge in [-0.2, -0.15) is 0 Å². The minimum absolute atomic E-state index is 0.0527. The molecule has 1 N–H and O–H groups in total. The summed E-state index contributed by atoms with van der Waals surface area (Å²) in [6.45, 7) is 10.7. The third kappa shape index (κ3) is 2.36. The van der Waals surface area contributed by atoms with Gasteiger partial charge in [0.2, 0.25) is 0 Å². The molecule has 1 rings (SSSR count). The second kappa shape index (κ2) is 2.90. The SMILES string of the molecule is CC1(C)C=CC(C(C)(C)C)=C(O)C1. The van der Waals surface area contributed by atoms with E-state index < -0.39 is 0 Å². The van der Waals surface area contributed by atoms with E-state index >= 15 is 0 Å². The van der Waals surface area contributed by atoms with E-state index in [9.17, 15) is 5.11 Å². The van der Waals surface area contributed by atoms with Gasteiger partial charge in [-0.15, -0.1) is 0 Å². The summed E-state index contributed by atoms with van der Waals surface area (Å²) in [5.41, 5.74) is 1.24. The van der Waals surface area contributed by atoms with Crippen molar-refractivity contribution in [2.75, 3.05) is 0 Å². The Bertz CT molecular complexity index is 261. The highest BCUT2D eigenvalue weighted by Crippen LogP contribution is 2.38. The van der Waals surface area contributed by atoms with E-state index in [4.69, 9.17) is 0 Å². The van der Waals surface area contributed by atoms with Crippen LogP contribution in [0.5, 0.6) is 0 Å². The van der Waals surface area contributed by atoms with Crippen LogP contribution in [0.1, 0.15) is 41.0 Å². The Morgan fingerprint density at radius 1 is 1.31 bits per heavy atom. The molecule has 1 aliphatic carbocycles. The fraction of sp³-hybridized carbons (Fsp3) is 0.667. The Labute approximate surface area is 81.2 Å². The maximum atomic E-state index is 9.87. The van der Waals surface area contributed by atoms with Crippen molar-refractivity contribution < 1.29 is 5.11 Å². The first kappa shape index (κ1) is 10.4. The van der Waals surface area contributed by atoms with Crippen molar-refractivity contribution in [3.63, 3.8) is 0 Å².